The molecule has 5 nitrogen and oxygen atoms in total. The zero-order chi connectivity index (χ0) is 20.8. The summed E-state index contributed by atoms with van der Waals surface area (Å²) in [6.45, 7) is 2.45. The zero-order valence-corrected chi connectivity index (χ0v) is 17.4. The number of para-hydroxylation sites is 4. The van der Waals surface area contributed by atoms with Crippen LogP contribution in [0.4, 0.5) is 5.69 Å². The van der Waals surface area contributed by atoms with Crippen molar-refractivity contribution in [3.05, 3.63) is 78.9 Å². The maximum absolute atomic E-state index is 12.6. The van der Waals surface area contributed by atoms with E-state index in [1.54, 1.807) is 0 Å². The van der Waals surface area contributed by atoms with Gasteiger partial charge in [0.1, 0.15) is 16.5 Å². The van der Waals surface area contributed by atoms with Gasteiger partial charge in [-0.15, -0.1) is 0 Å². The molecule has 0 unspecified atom stereocenters. The highest BCUT2D eigenvalue weighted by molar-refractivity contribution is 8.00. The fourth-order valence-electron chi connectivity index (χ4n) is 3.04. The Morgan fingerprint density at radius 2 is 1.57 bits per heavy atom. The summed E-state index contributed by atoms with van der Waals surface area (Å²) in [7, 11) is 0. The summed E-state index contributed by atoms with van der Waals surface area (Å²) in [5.41, 5.74) is 4.05. The van der Waals surface area contributed by atoms with Gasteiger partial charge in [-0.2, -0.15) is 0 Å². The van der Waals surface area contributed by atoms with Crippen molar-refractivity contribution in [1.82, 2.24) is 9.97 Å². The molecule has 1 amide bonds. The summed E-state index contributed by atoms with van der Waals surface area (Å²) in [5, 5.41) is 3.66. The minimum absolute atomic E-state index is 0.124. The van der Waals surface area contributed by atoms with E-state index in [1.807, 2.05) is 85.8 Å². The molecular weight excluding hydrogens is 394 g/mol. The van der Waals surface area contributed by atoms with Crippen molar-refractivity contribution in [1.29, 1.82) is 0 Å². The first-order chi connectivity index (χ1) is 14.7. The first kappa shape index (κ1) is 19.9. The molecule has 0 atom stereocenters. The lowest BCUT2D eigenvalue weighted by atomic mass is 10.1. The van der Waals surface area contributed by atoms with Gasteiger partial charge in [0.2, 0.25) is 5.91 Å². The van der Waals surface area contributed by atoms with Crippen LogP contribution in [0.5, 0.6) is 5.75 Å². The van der Waals surface area contributed by atoms with Crippen molar-refractivity contribution < 1.29 is 9.53 Å². The Bertz CT molecular complexity index is 1170. The first-order valence-corrected chi connectivity index (χ1v) is 10.7. The van der Waals surface area contributed by atoms with Crippen LogP contribution in [0.15, 0.2) is 83.9 Å². The van der Waals surface area contributed by atoms with Gasteiger partial charge in [0.15, 0.2) is 0 Å². The van der Waals surface area contributed by atoms with Gasteiger partial charge in [0, 0.05) is 5.56 Å². The van der Waals surface area contributed by atoms with Gasteiger partial charge in [-0.25, -0.2) is 9.97 Å². The largest absolute Gasteiger partial charge is 0.492 e. The molecule has 30 heavy (non-hydrogen) atoms. The number of hydrogen-bond acceptors (Lipinski definition) is 5. The minimum Gasteiger partial charge on any atom is -0.492 e. The molecule has 0 spiro atoms. The van der Waals surface area contributed by atoms with E-state index in [4.69, 9.17) is 14.7 Å². The summed E-state index contributed by atoms with van der Waals surface area (Å²) in [5.74, 6) is 0.753. The van der Waals surface area contributed by atoms with E-state index in [9.17, 15) is 4.79 Å². The number of rotatable bonds is 7. The number of nitrogens with one attached hydrogen (secondary N) is 1. The first-order valence-electron chi connectivity index (χ1n) is 9.71. The lowest BCUT2D eigenvalue weighted by molar-refractivity contribution is -0.113. The highest BCUT2D eigenvalue weighted by atomic mass is 32.2. The molecule has 0 bridgehead atoms. The van der Waals surface area contributed by atoms with Crippen LogP contribution in [-0.2, 0) is 4.79 Å². The number of carbonyl (C=O) groups is 1. The molecule has 0 saturated carbocycles. The molecule has 0 fully saturated rings. The molecule has 0 saturated heterocycles. The Morgan fingerprint density at radius 3 is 2.33 bits per heavy atom. The Kier molecular flexibility index (Phi) is 6.25. The van der Waals surface area contributed by atoms with Crippen molar-refractivity contribution in [3.63, 3.8) is 0 Å². The second kappa shape index (κ2) is 9.41. The average molecular weight is 416 g/mol. The molecule has 0 aliphatic carbocycles. The van der Waals surface area contributed by atoms with Crippen molar-refractivity contribution in [2.75, 3.05) is 17.7 Å². The normalized spacial score (nSPS) is 10.7. The Hall–Kier alpha value is -3.38. The molecule has 0 aliphatic heterocycles. The number of aromatic nitrogens is 2. The second-order valence-electron chi connectivity index (χ2n) is 6.50. The van der Waals surface area contributed by atoms with E-state index in [0.29, 0.717) is 18.0 Å². The third-order valence-electron chi connectivity index (χ3n) is 4.39. The molecule has 4 rings (SSSR count). The highest BCUT2D eigenvalue weighted by Gasteiger charge is 2.14. The number of thioether (sulfide) groups is 1. The average Bonchev–Trinajstić information content (AvgIpc) is 2.79. The van der Waals surface area contributed by atoms with Crippen LogP contribution in [0.2, 0.25) is 0 Å². The van der Waals surface area contributed by atoms with Gasteiger partial charge in [-0.1, -0.05) is 66.4 Å². The maximum atomic E-state index is 12.6. The lowest BCUT2D eigenvalue weighted by Gasteiger charge is -2.12. The quantitative estimate of drug-likeness (QED) is 0.408. The van der Waals surface area contributed by atoms with Crippen LogP contribution < -0.4 is 10.1 Å². The number of hydrogen-bond donors (Lipinski definition) is 1. The standard InChI is InChI=1S/C24H21N3O2S/c1-2-29-21-15-9-8-14-20(21)25-22(28)16-30-24-23(17-10-4-3-5-11-17)26-18-12-6-7-13-19(18)27-24/h3-15H,2,16H2,1H3,(H,25,28). The van der Waals surface area contributed by atoms with Crippen LogP contribution >= 0.6 is 11.8 Å². The van der Waals surface area contributed by atoms with Crippen LogP contribution in [0.1, 0.15) is 6.92 Å². The number of benzene rings is 3. The fraction of sp³-hybridized carbons (Fsp3) is 0.125. The van der Waals surface area contributed by atoms with Crippen molar-refractivity contribution >= 4 is 34.4 Å². The second-order valence-corrected chi connectivity index (χ2v) is 7.46. The number of fused-ring (bicyclic) bond motifs is 1. The number of amides is 1. The fourth-order valence-corrected chi connectivity index (χ4v) is 3.84. The SMILES string of the molecule is CCOc1ccccc1NC(=O)CSc1nc2ccccc2nc1-c1ccccc1. The molecule has 0 radical (unpaired) electrons. The van der Waals surface area contributed by atoms with Gasteiger partial charge in [-0.05, 0) is 31.2 Å². The van der Waals surface area contributed by atoms with E-state index in [1.165, 1.54) is 11.8 Å². The molecule has 1 aromatic heterocycles. The zero-order valence-electron chi connectivity index (χ0n) is 16.5. The van der Waals surface area contributed by atoms with Gasteiger partial charge in [0.25, 0.3) is 0 Å². The molecule has 1 heterocycles. The molecular formula is C24H21N3O2S. The molecule has 1 N–H and O–H groups in total. The summed E-state index contributed by atoms with van der Waals surface area (Å²) < 4.78 is 5.58. The monoisotopic (exact) mass is 415 g/mol. The predicted molar refractivity (Wildman–Crippen MR) is 122 cm³/mol. The van der Waals surface area contributed by atoms with Crippen molar-refractivity contribution in [2.45, 2.75) is 11.9 Å². The number of ether oxygens (including phenoxy) is 1. The Balaban J connectivity index is 1.57. The van der Waals surface area contributed by atoms with Gasteiger partial charge >= 0.3 is 0 Å². The smallest absolute Gasteiger partial charge is 0.234 e. The third kappa shape index (κ3) is 4.60. The Labute approximate surface area is 179 Å². The molecule has 0 aliphatic rings. The van der Waals surface area contributed by atoms with E-state index in [0.717, 1.165) is 27.3 Å². The molecule has 4 aromatic rings. The van der Waals surface area contributed by atoms with E-state index in [-0.39, 0.29) is 11.7 Å². The molecule has 3 aromatic carbocycles. The molecule has 6 heteroatoms. The topological polar surface area (TPSA) is 64.1 Å². The van der Waals surface area contributed by atoms with Gasteiger partial charge in [-0.3, -0.25) is 4.79 Å². The number of carbonyl (C=O) groups excluding carboxylic acids is 1. The van der Waals surface area contributed by atoms with E-state index in [2.05, 4.69) is 5.32 Å². The van der Waals surface area contributed by atoms with Crippen LogP contribution in [0, 0.1) is 0 Å². The summed E-state index contributed by atoms with van der Waals surface area (Å²) in [4.78, 5) is 22.2. The third-order valence-corrected chi connectivity index (χ3v) is 5.35. The summed E-state index contributed by atoms with van der Waals surface area (Å²) >= 11 is 1.38. The lowest BCUT2D eigenvalue weighted by Crippen LogP contribution is -2.15. The summed E-state index contributed by atoms with van der Waals surface area (Å²) in [6.07, 6.45) is 0. The van der Waals surface area contributed by atoms with Crippen LogP contribution in [0.25, 0.3) is 22.3 Å². The molecule has 150 valence electrons. The van der Waals surface area contributed by atoms with Crippen LogP contribution in [-0.4, -0.2) is 28.2 Å². The van der Waals surface area contributed by atoms with Crippen molar-refractivity contribution in [2.24, 2.45) is 0 Å². The van der Waals surface area contributed by atoms with Crippen LogP contribution in [0.3, 0.4) is 0 Å². The van der Waals surface area contributed by atoms with Gasteiger partial charge < -0.3 is 10.1 Å². The number of nitrogens with zero attached hydrogens (tertiary/aromatic N) is 2. The van der Waals surface area contributed by atoms with E-state index >= 15 is 0 Å². The minimum atomic E-state index is -0.124. The van der Waals surface area contributed by atoms with E-state index < -0.39 is 0 Å². The predicted octanol–water partition coefficient (Wildman–Crippen LogP) is 5.43. The Morgan fingerprint density at radius 1 is 0.900 bits per heavy atom. The van der Waals surface area contributed by atoms with Crippen molar-refractivity contribution in [3.8, 4) is 17.0 Å². The van der Waals surface area contributed by atoms with Gasteiger partial charge in [0.05, 0.1) is 29.1 Å². The summed E-state index contributed by atoms with van der Waals surface area (Å²) in [6, 6.07) is 25.1. The maximum Gasteiger partial charge on any atom is 0.234 e. The highest BCUT2D eigenvalue weighted by Crippen LogP contribution is 2.31. The number of anilines is 1.